The van der Waals surface area contributed by atoms with E-state index >= 15 is 0 Å². The fraction of sp³-hybridized carbons (Fsp3) is 0.263. The van der Waals surface area contributed by atoms with Gasteiger partial charge in [0.25, 0.3) is 0 Å². The molecule has 0 spiro atoms. The summed E-state index contributed by atoms with van der Waals surface area (Å²) in [6.07, 6.45) is 4.11. The van der Waals surface area contributed by atoms with E-state index in [1.54, 1.807) is 0 Å². The Balaban J connectivity index is 2.04. The van der Waals surface area contributed by atoms with E-state index in [1.165, 1.54) is 6.07 Å². The van der Waals surface area contributed by atoms with Gasteiger partial charge in [-0.3, -0.25) is 9.78 Å². The number of pyridine rings is 2. The number of hydrogen-bond acceptors (Lipinski definition) is 2. The summed E-state index contributed by atoms with van der Waals surface area (Å²) >= 11 is 2.04. The van der Waals surface area contributed by atoms with E-state index in [-0.39, 0.29) is 11.2 Å². The Hall–Kier alpha value is -1.76. The topological polar surface area (TPSA) is 34.9 Å². The first-order valence-electron chi connectivity index (χ1n) is 7.93. The summed E-state index contributed by atoms with van der Waals surface area (Å²) in [7, 11) is 0. The second-order valence-electron chi connectivity index (χ2n) is 6.43. The number of hydrogen-bond donors (Lipinski definition) is 0. The van der Waals surface area contributed by atoms with E-state index in [2.05, 4.69) is 9.55 Å². The smallest absolute Gasteiger partial charge is 0.202 e. The van der Waals surface area contributed by atoms with Crippen LogP contribution in [0.15, 0.2) is 35.3 Å². The molecule has 0 N–H and O–H groups in total. The van der Waals surface area contributed by atoms with Gasteiger partial charge in [0, 0.05) is 34.6 Å². The maximum atomic E-state index is 14.8. The van der Waals surface area contributed by atoms with Crippen LogP contribution in [0.2, 0.25) is 0 Å². The molecule has 2 heterocycles. The van der Waals surface area contributed by atoms with Crippen molar-refractivity contribution in [1.82, 2.24) is 9.55 Å². The predicted molar refractivity (Wildman–Crippen MR) is 102 cm³/mol. The number of fused-ring (bicyclic) bond motifs is 1. The zero-order valence-corrected chi connectivity index (χ0v) is 15.6. The molecule has 3 nitrogen and oxygen atoms in total. The standard InChI is InChI=1S/C19H16FIN2O/c1-10-5-12(6-11(2)22-10)14-8-18-15(7-16(14)20)19(24)17(21)9-23(18)13-3-4-13/h5-9,13H,3-4H2,1-2H3. The van der Waals surface area contributed by atoms with E-state index in [9.17, 15) is 9.18 Å². The van der Waals surface area contributed by atoms with Crippen molar-refractivity contribution in [3.8, 4) is 11.1 Å². The monoisotopic (exact) mass is 434 g/mol. The molecule has 1 aliphatic carbocycles. The van der Waals surface area contributed by atoms with Crippen LogP contribution in [0, 0.1) is 23.2 Å². The number of nitrogens with zero attached hydrogens (tertiary/aromatic N) is 2. The Bertz CT molecular complexity index is 1020. The zero-order valence-electron chi connectivity index (χ0n) is 13.4. The minimum Gasteiger partial charge on any atom is -0.343 e. The normalized spacial score (nSPS) is 14.3. The van der Waals surface area contributed by atoms with Gasteiger partial charge in [-0.2, -0.15) is 0 Å². The van der Waals surface area contributed by atoms with Gasteiger partial charge in [-0.25, -0.2) is 4.39 Å². The second kappa shape index (κ2) is 5.65. The number of rotatable bonds is 2. The molecule has 0 amide bonds. The third-order valence-electron chi connectivity index (χ3n) is 4.41. The fourth-order valence-electron chi connectivity index (χ4n) is 3.20. The summed E-state index contributed by atoms with van der Waals surface area (Å²) in [5.74, 6) is -0.367. The lowest BCUT2D eigenvalue weighted by molar-refractivity contribution is 0.632. The van der Waals surface area contributed by atoms with Gasteiger partial charge in [0.1, 0.15) is 5.82 Å². The first kappa shape index (κ1) is 15.7. The van der Waals surface area contributed by atoms with Crippen LogP contribution >= 0.6 is 22.6 Å². The molecule has 1 saturated carbocycles. The predicted octanol–water partition coefficient (Wildman–Crippen LogP) is 4.76. The molecule has 0 aliphatic heterocycles. The Labute approximate surface area is 152 Å². The summed E-state index contributed by atoms with van der Waals surface area (Å²) in [4.78, 5) is 16.8. The Morgan fingerprint density at radius 2 is 1.83 bits per heavy atom. The molecule has 5 heteroatoms. The maximum Gasteiger partial charge on any atom is 0.202 e. The maximum absolute atomic E-state index is 14.8. The molecule has 1 aromatic carbocycles. The molecule has 0 saturated heterocycles. The molecule has 0 unspecified atom stereocenters. The summed E-state index contributed by atoms with van der Waals surface area (Å²) in [6.45, 7) is 3.80. The minimum atomic E-state index is -0.367. The van der Waals surface area contributed by atoms with Crippen LogP contribution in [-0.2, 0) is 0 Å². The van der Waals surface area contributed by atoms with Crippen LogP contribution in [0.25, 0.3) is 22.0 Å². The van der Waals surface area contributed by atoms with E-state index in [0.717, 1.165) is 35.3 Å². The van der Waals surface area contributed by atoms with E-state index in [0.29, 0.717) is 20.6 Å². The van der Waals surface area contributed by atoms with Crippen molar-refractivity contribution >= 4 is 33.5 Å². The summed E-state index contributed by atoms with van der Waals surface area (Å²) in [5.41, 5.74) is 3.73. The van der Waals surface area contributed by atoms with Gasteiger partial charge in [-0.1, -0.05) is 0 Å². The van der Waals surface area contributed by atoms with Gasteiger partial charge in [0.15, 0.2) is 0 Å². The SMILES string of the molecule is Cc1cc(-c2cc3c(cc2F)c(=O)c(I)cn3C2CC2)cc(C)n1. The molecular formula is C19H16FIN2O. The molecule has 2 aromatic heterocycles. The highest BCUT2D eigenvalue weighted by Gasteiger charge is 2.26. The number of aryl methyl sites for hydroxylation is 2. The van der Waals surface area contributed by atoms with Crippen molar-refractivity contribution < 1.29 is 4.39 Å². The van der Waals surface area contributed by atoms with Gasteiger partial charge in [0.2, 0.25) is 5.43 Å². The van der Waals surface area contributed by atoms with E-state index in [4.69, 9.17) is 0 Å². The van der Waals surface area contributed by atoms with Gasteiger partial charge in [-0.05, 0) is 79.1 Å². The number of halogens is 2. The van der Waals surface area contributed by atoms with Crippen LogP contribution in [0.5, 0.6) is 0 Å². The molecule has 1 fully saturated rings. The number of aromatic nitrogens is 2. The first-order chi connectivity index (χ1) is 11.4. The van der Waals surface area contributed by atoms with Gasteiger partial charge >= 0.3 is 0 Å². The summed E-state index contributed by atoms with van der Waals surface area (Å²) in [5, 5.41) is 0.456. The lowest BCUT2D eigenvalue weighted by atomic mass is 10.0. The van der Waals surface area contributed by atoms with Crippen LogP contribution < -0.4 is 5.43 Å². The molecule has 0 bridgehead atoms. The highest BCUT2D eigenvalue weighted by atomic mass is 127. The van der Waals surface area contributed by atoms with Crippen molar-refractivity contribution in [2.24, 2.45) is 0 Å². The van der Waals surface area contributed by atoms with Gasteiger partial charge in [0.05, 0.1) is 9.09 Å². The molecule has 0 atom stereocenters. The highest BCUT2D eigenvalue weighted by Crippen LogP contribution is 2.38. The quantitative estimate of drug-likeness (QED) is 0.546. The Kier molecular flexibility index (Phi) is 3.71. The lowest BCUT2D eigenvalue weighted by Gasteiger charge is -2.13. The number of benzene rings is 1. The molecule has 0 radical (unpaired) electrons. The second-order valence-corrected chi connectivity index (χ2v) is 7.59. The minimum absolute atomic E-state index is 0.102. The first-order valence-corrected chi connectivity index (χ1v) is 9.01. The van der Waals surface area contributed by atoms with Crippen molar-refractivity contribution in [2.75, 3.05) is 0 Å². The summed E-state index contributed by atoms with van der Waals surface area (Å²) < 4.78 is 17.5. The van der Waals surface area contributed by atoms with Crippen LogP contribution in [0.4, 0.5) is 4.39 Å². The van der Waals surface area contributed by atoms with Crippen LogP contribution in [0.3, 0.4) is 0 Å². The van der Waals surface area contributed by atoms with Gasteiger partial charge in [-0.15, -0.1) is 0 Å². The Morgan fingerprint density at radius 3 is 2.46 bits per heavy atom. The molecule has 3 aromatic rings. The fourth-order valence-corrected chi connectivity index (χ4v) is 3.79. The molecule has 24 heavy (non-hydrogen) atoms. The van der Waals surface area contributed by atoms with Crippen molar-refractivity contribution in [1.29, 1.82) is 0 Å². The van der Waals surface area contributed by atoms with Crippen molar-refractivity contribution in [3.63, 3.8) is 0 Å². The third kappa shape index (κ3) is 2.64. The molecule has 1 aliphatic rings. The highest BCUT2D eigenvalue weighted by molar-refractivity contribution is 14.1. The third-order valence-corrected chi connectivity index (χ3v) is 5.18. The van der Waals surface area contributed by atoms with Gasteiger partial charge < -0.3 is 4.57 Å². The molecule has 122 valence electrons. The average molecular weight is 434 g/mol. The Morgan fingerprint density at radius 1 is 1.17 bits per heavy atom. The van der Waals surface area contributed by atoms with Crippen molar-refractivity contribution in [2.45, 2.75) is 32.7 Å². The average Bonchev–Trinajstić information content (AvgIpc) is 3.34. The molecular weight excluding hydrogens is 418 g/mol. The lowest BCUT2D eigenvalue weighted by Crippen LogP contribution is -2.12. The summed E-state index contributed by atoms with van der Waals surface area (Å²) in [6, 6.07) is 7.38. The largest absolute Gasteiger partial charge is 0.343 e. The molecule has 4 rings (SSSR count). The van der Waals surface area contributed by atoms with E-state index < -0.39 is 0 Å². The van der Waals surface area contributed by atoms with E-state index in [1.807, 2.05) is 60.8 Å². The van der Waals surface area contributed by atoms with Crippen molar-refractivity contribution in [3.05, 3.63) is 61.5 Å². The zero-order chi connectivity index (χ0) is 17.0. The van der Waals surface area contributed by atoms with Crippen LogP contribution in [0.1, 0.15) is 30.3 Å². The van der Waals surface area contributed by atoms with Crippen LogP contribution in [-0.4, -0.2) is 9.55 Å².